The van der Waals surface area contributed by atoms with Crippen molar-refractivity contribution in [3.63, 3.8) is 0 Å². The summed E-state index contributed by atoms with van der Waals surface area (Å²) in [5, 5.41) is 16.0. The Hall–Kier alpha value is -1.78. The van der Waals surface area contributed by atoms with E-state index in [9.17, 15) is 0 Å². The van der Waals surface area contributed by atoms with Crippen LogP contribution in [0.1, 0.15) is 24.9 Å². The van der Waals surface area contributed by atoms with Crippen LogP contribution in [0, 0.1) is 23.7 Å². The molecule has 0 aliphatic carbocycles. The summed E-state index contributed by atoms with van der Waals surface area (Å²) in [6.45, 7) is 3.34. The van der Waals surface area contributed by atoms with E-state index in [1.807, 2.05) is 10.9 Å². The van der Waals surface area contributed by atoms with Crippen molar-refractivity contribution < 1.29 is 0 Å². The molecule has 4 heteroatoms. The molecule has 0 saturated carbocycles. The Labute approximate surface area is 89.9 Å². The first kappa shape index (κ1) is 11.3. The van der Waals surface area contributed by atoms with Gasteiger partial charge in [-0.25, -0.2) is 0 Å². The van der Waals surface area contributed by atoms with Gasteiger partial charge in [0.15, 0.2) is 0 Å². The molecule has 0 aromatic carbocycles. The Balaban J connectivity index is 2.67. The fourth-order valence-corrected chi connectivity index (χ4v) is 1.28. The Morgan fingerprint density at radius 2 is 2.53 bits per heavy atom. The number of hydrogen-bond donors (Lipinski definition) is 1. The summed E-state index contributed by atoms with van der Waals surface area (Å²) < 4.78 is 1.83. The largest absolute Gasteiger partial charge is 0.287 e. The SMILES string of the molecule is C#CCNC(C#N)c1cnn(CCC)c1. The maximum atomic E-state index is 8.93. The molecular weight excluding hydrogens is 188 g/mol. The predicted octanol–water partition coefficient (Wildman–Crippen LogP) is 1.08. The van der Waals surface area contributed by atoms with Gasteiger partial charge in [-0.3, -0.25) is 10.00 Å². The van der Waals surface area contributed by atoms with Crippen LogP contribution in [0.5, 0.6) is 0 Å². The van der Waals surface area contributed by atoms with Gasteiger partial charge in [0.05, 0.1) is 18.8 Å². The van der Waals surface area contributed by atoms with Gasteiger partial charge < -0.3 is 0 Å². The minimum absolute atomic E-state index is 0.369. The first-order chi connectivity index (χ1) is 7.31. The molecule has 0 aliphatic rings. The normalized spacial score (nSPS) is 11.7. The predicted molar refractivity (Wildman–Crippen MR) is 57.7 cm³/mol. The molecule has 1 aromatic heterocycles. The van der Waals surface area contributed by atoms with Crippen LogP contribution < -0.4 is 5.32 Å². The zero-order valence-electron chi connectivity index (χ0n) is 8.77. The highest BCUT2D eigenvalue weighted by molar-refractivity contribution is 5.18. The van der Waals surface area contributed by atoms with E-state index in [2.05, 4.69) is 29.3 Å². The molecular formula is C11H14N4. The molecule has 0 saturated heterocycles. The van der Waals surface area contributed by atoms with Gasteiger partial charge in [-0.15, -0.1) is 6.42 Å². The van der Waals surface area contributed by atoms with Crippen LogP contribution in [0.15, 0.2) is 12.4 Å². The van der Waals surface area contributed by atoms with Crippen LogP contribution in [0.2, 0.25) is 0 Å². The zero-order chi connectivity index (χ0) is 11.1. The van der Waals surface area contributed by atoms with E-state index >= 15 is 0 Å². The molecule has 0 radical (unpaired) electrons. The van der Waals surface area contributed by atoms with Crippen molar-refractivity contribution in [2.75, 3.05) is 6.54 Å². The lowest BCUT2D eigenvalue weighted by Gasteiger charge is -2.05. The molecule has 0 fully saturated rings. The highest BCUT2D eigenvalue weighted by atomic mass is 15.3. The number of aryl methyl sites for hydroxylation is 1. The second-order valence-electron chi connectivity index (χ2n) is 3.18. The summed E-state index contributed by atoms with van der Waals surface area (Å²) in [4.78, 5) is 0. The second-order valence-corrected chi connectivity index (χ2v) is 3.18. The van der Waals surface area contributed by atoms with Crippen molar-refractivity contribution in [1.82, 2.24) is 15.1 Å². The smallest absolute Gasteiger partial charge is 0.125 e. The van der Waals surface area contributed by atoms with E-state index in [1.165, 1.54) is 0 Å². The summed E-state index contributed by atoms with van der Waals surface area (Å²) in [5.74, 6) is 2.44. The molecule has 4 nitrogen and oxygen atoms in total. The lowest BCUT2D eigenvalue weighted by Crippen LogP contribution is -2.19. The molecule has 15 heavy (non-hydrogen) atoms. The molecule has 1 rings (SSSR count). The fourth-order valence-electron chi connectivity index (χ4n) is 1.28. The van der Waals surface area contributed by atoms with Crippen LogP contribution in [0.4, 0.5) is 0 Å². The van der Waals surface area contributed by atoms with Gasteiger partial charge in [0.1, 0.15) is 6.04 Å². The molecule has 0 aliphatic heterocycles. The number of nitriles is 1. The van der Waals surface area contributed by atoms with Crippen molar-refractivity contribution in [1.29, 1.82) is 5.26 Å². The highest BCUT2D eigenvalue weighted by Crippen LogP contribution is 2.10. The summed E-state index contributed by atoms with van der Waals surface area (Å²) in [6.07, 6.45) is 9.72. The number of rotatable bonds is 5. The molecule has 78 valence electrons. The van der Waals surface area contributed by atoms with Gasteiger partial charge in [0, 0.05) is 18.3 Å². The Morgan fingerprint density at radius 1 is 1.73 bits per heavy atom. The molecule has 1 heterocycles. The summed E-state index contributed by atoms with van der Waals surface area (Å²) in [5.41, 5.74) is 0.862. The quantitative estimate of drug-likeness (QED) is 0.727. The topological polar surface area (TPSA) is 53.6 Å². The van der Waals surface area contributed by atoms with E-state index in [1.54, 1.807) is 6.20 Å². The van der Waals surface area contributed by atoms with Crippen LogP contribution in [-0.4, -0.2) is 16.3 Å². The fraction of sp³-hybridized carbons (Fsp3) is 0.455. The maximum Gasteiger partial charge on any atom is 0.125 e. The van der Waals surface area contributed by atoms with Crippen LogP contribution >= 0.6 is 0 Å². The number of hydrogen-bond acceptors (Lipinski definition) is 3. The maximum absolute atomic E-state index is 8.93. The standard InChI is InChI=1S/C11H14N4/c1-3-5-13-11(7-12)10-8-14-15(9-10)6-4-2/h1,8-9,11,13H,4-6H2,2H3. The van der Waals surface area contributed by atoms with Crippen molar-refractivity contribution in [2.24, 2.45) is 0 Å². The van der Waals surface area contributed by atoms with Crippen molar-refractivity contribution >= 4 is 0 Å². The molecule has 1 atom stereocenters. The van der Waals surface area contributed by atoms with E-state index in [0.717, 1.165) is 18.5 Å². The number of aromatic nitrogens is 2. The Kier molecular flexibility index (Phi) is 4.40. The molecule has 0 spiro atoms. The van der Waals surface area contributed by atoms with Gasteiger partial charge in [0.2, 0.25) is 0 Å². The van der Waals surface area contributed by atoms with Crippen LogP contribution in [-0.2, 0) is 6.54 Å². The van der Waals surface area contributed by atoms with E-state index in [-0.39, 0.29) is 6.04 Å². The third-order valence-corrected chi connectivity index (χ3v) is 1.98. The lowest BCUT2D eigenvalue weighted by atomic mass is 10.2. The first-order valence-corrected chi connectivity index (χ1v) is 4.90. The van der Waals surface area contributed by atoms with Crippen LogP contribution in [0.25, 0.3) is 0 Å². The van der Waals surface area contributed by atoms with Crippen LogP contribution in [0.3, 0.4) is 0 Å². The van der Waals surface area contributed by atoms with Crippen molar-refractivity contribution in [3.8, 4) is 18.4 Å². The minimum atomic E-state index is -0.369. The Morgan fingerprint density at radius 3 is 3.13 bits per heavy atom. The minimum Gasteiger partial charge on any atom is -0.287 e. The van der Waals surface area contributed by atoms with Crippen molar-refractivity contribution in [3.05, 3.63) is 18.0 Å². The lowest BCUT2D eigenvalue weighted by molar-refractivity contribution is 0.600. The third kappa shape index (κ3) is 3.12. The molecule has 1 aromatic rings. The number of nitrogens with one attached hydrogen (secondary N) is 1. The summed E-state index contributed by atoms with van der Waals surface area (Å²) >= 11 is 0. The molecule has 0 amide bonds. The summed E-state index contributed by atoms with van der Waals surface area (Å²) in [7, 11) is 0. The van der Waals surface area contributed by atoms with Gasteiger partial charge in [-0.05, 0) is 6.42 Å². The average Bonchev–Trinajstić information content (AvgIpc) is 2.68. The van der Waals surface area contributed by atoms with Crippen molar-refractivity contribution in [2.45, 2.75) is 25.9 Å². The van der Waals surface area contributed by atoms with Gasteiger partial charge in [-0.2, -0.15) is 10.4 Å². The van der Waals surface area contributed by atoms with E-state index in [4.69, 9.17) is 11.7 Å². The van der Waals surface area contributed by atoms with E-state index < -0.39 is 0 Å². The number of nitrogens with zero attached hydrogens (tertiary/aromatic N) is 3. The first-order valence-electron chi connectivity index (χ1n) is 4.90. The summed E-state index contributed by atoms with van der Waals surface area (Å²) in [6, 6.07) is 1.78. The second kappa shape index (κ2) is 5.85. The van der Waals surface area contributed by atoms with Gasteiger partial charge >= 0.3 is 0 Å². The zero-order valence-corrected chi connectivity index (χ0v) is 8.77. The van der Waals surface area contributed by atoms with Gasteiger partial charge in [0.25, 0.3) is 0 Å². The molecule has 1 unspecified atom stereocenters. The molecule has 0 bridgehead atoms. The van der Waals surface area contributed by atoms with Gasteiger partial charge in [-0.1, -0.05) is 12.8 Å². The monoisotopic (exact) mass is 202 g/mol. The Bertz CT molecular complexity index is 380. The molecule has 1 N–H and O–H groups in total. The third-order valence-electron chi connectivity index (χ3n) is 1.98. The van der Waals surface area contributed by atoms with E-state index in [0.29, 0.717) is 6.54 Å². The highest BCUT2D eigenvalue weighted by Gasteiger charge is 2.10. The number of terminal acetylenes is 1. The average molecular weight is 202 g/mol.